The average Bonchev–Trinajstić information content (AvgIpc) is 3.29. The van der Waals surface area contributed by atoms with Crippen molar-refractivity contribution in [1.29, 1.82) is 0 Å². The first kappa shape index (κ1) is 26.0. The second-order valence-electron chi connectivity index (χ2n) is 9.10. The zero-order valence-electron chi connectivity index (χ0n) is 21.1. The number of alkyl halides is 1. The number of nitrogens with zero attached hydrogens (tertiary/aromatic N) is 6. The van der Waals surface area contributed by atoms with E-state index in [1.54, 1.807) is 47.2 Å². The Balaban J connectivity index is 1.47. The largest absolute Gasteiger partial charge is 0.383 e. The maximum absolute atomic E-state index is 13.2. The number of aryl methyl sites for hydroxylation is 1. The molecule has 3 N–H and O–H groups in total. The van der Waals surface area contributed by atoms with Crippen molar-refractivity contribution in [2.75, 3.05) is 17.7 Å². The summed E-state index contributed by atoms with van der Waals surface area (Å²) in [6.45, 7) is 3.40. The molecule has 0 fully saturated rings. The molecular weight excluding hydrogens is 523 g/mol. The maximum atomic E-state index is 13.2. The number of carbonyl (C=O) groups excluding carboxylic acids is 1. The molecule has 4 aromatic heterocycles. The Kier molecular flexibility index (Phi) is 7.07. The molecule has 5 aromatic rings. The molecule has 0 saturated heterocycles. The van der Waals surface area contributed by atoms with Crippen molar-refractivity contribution in [2.24, 2.45) is 0 Å². The van der Waals surface area contributed by atoms with E-state index in [0.717, 1.165) is 15.8 Å². The number of nitrogen functional groups attached to an aromatic ring is 1. The molecule has 39 heavy (non-hydrogen) atoms. The first-order valence-electron chi connectivity index (χ1n) is 12.1. The third-order valence-electron chi connectivity index (χ3n) is 6.16. The lowest BCUT2D eigenvalue weighted by Crippen LogP contribution is -2.31. The van der Waals surface area contributed by atoms with E-state index in [-0.39, 0.29) is 29.7 Å². The van der Waals surface area contributed by atoms with Gasteiger partial charge in [0, 0.05) is 23.6 Å². The van der Waals surface area contributed by atoms with Gasteiger partial charge in [-0.15, -0.1) is 0 Å². The van der Waals surface area contributed by atoms with E-state index < -0.39 is 18.1 Å². The summed E-state index contributed by atoms with van der Waals surface area (Å²) in [5, 5.41) is 8.20. The molecule has 10 nitrogen and oxygen atoms in total. The molecule has 198 valence electrons. The highest BCUT2D eigenvalue weighted by Gasteiger charge is 2.19. The molecule has 0 spiro atoms. The van der Waals surface area contributed by atoms with Gasteiger partial charge >= 0.3 is 0 Å². The van der Waals surface area contributed by atoms with Gasteiger partial charge in [0.25, 0.3) is 11.5 Å². The second-order valence-corrected chi connectivity index (χ2v) is 9.54. The molecule has 0 unspecified atom stereocenters. The van der Waals surface area contributed by atoms with Gasteiger partial charge in [-0.3, -0.25) is 9.59 Å². The van der Waals surface area contributed by atoms with Gasteiger partial charge in [-0.05, 0) is 41.8 Å². The van der Waals surface area contributed by atoms with E-state index in [2.05, 4.69) is 25.4 Å². The number of halogens is 2. The third-order valence-corrected chi connectivity index (χ3v) is 6.38. The number of benzene rings is 1. The number of pyridine rings is 1. The van der Waals surface area contributed by atoms with Gasteiger partial charge in [0.15, 0.2) is 5.82 Å². The number of carbonyl (C=O) groups is 1. The van der Waals surface area contributed by atoms with Crippen LogP contribution in [0.1, 0.15) is 35.8 Å². The van der Waals surface area contributed by atoms with Gasteiger partial charge in [-0.1, -0.05) is 37.6 Å². The predicted octanol–water partition coefficient (Wildman–Crippen LogP) is 4.62. The number of hydrogen-bond donors (Lipinski definition) is 2. The molecule has 0 aliphatic rings. The minimum Gasteiger partial charge on any atom is -0.383 e. The summed E-state index contributed by atoms with van der Waals surface area (Å²) < 4.78 is 15.9. The Bertz CT molecular complexity index is 1730. The predicted molar refractivity (Wildman–Crippen MR) is 148 cm³/mol. The van der Waals surface area contributed by atoms with Crippen molar-refractivity contribution in [3.8, 4) is 16.9 Å². The van der Waals surface area contributed by atoms with Crippen molar-refractivity contribution < 1.29 is 9.18 Å². The van der Waals surface area contributed by atoms with Crippen LogP contribution in [0.25, 0.3) is 28.0 Å². The zero-order chi connectivity index (χ0) is 27.7. The van der Waals surface area contributed by atoms with Gasteiger partial charge in [0.1, 0.15) is 30.0 Å². The van der Waals surface area contributed by atoms with Crippen molar-refractivity contribution in [1.82, 2.24) is 29.3 Å². The summed E-state index contributed by atoms with van der Waals surface area (Å²) in [5.74, 6) is -0.0987. The monoisotopic (exact) mass is 546 g/mol. The molecule has 0 radical (unpaired) electrons. The lowest BCUT2D eigenvalue weighted by atomic mass is 10.1. The summed E-state index contributed by atoms with van der Waals surface area (Å²) in [7, 11) is 0. The molecule has 0 aliphatic carbocycles. The second kappa shape index (κ2) is 10.6. The van der Waals surface area contributed by atoms with Gasteiger partial charge in [-0.2, -0.15) is 9.78 Å². The molecule has 1 aromatic carbocycles. The van der Waals surface area contributed by atoms with Gasteiger partial charge in [0.05, 0.1) is 22.6 Å². The fraction of sp³-hybridized carbons (Fsp3) is 0.185. The van der Waals surface area contributed by atoms with Crippen LogP contribution in [-0.4, -0.2) is 41.9 Å². The van der Waals surface area contributed by atoms with Crippen LogP contribution < -0.4 is 16.6 Å². The van der Waals surface area contributed by atoms with Gasteiger partial charge in [0.2, 0.25) is 0 Å². The summed E-state index contributed by atoms with van der Waals surface area (Å²) in [4.78, 5) is 39.0. The summed E-state index contributed by atoms with van der Waals surface area (Å²) in [6.07, 6.45) is 4.53. The highest BCUT2D eigenvalue weighted by Crippen LogP contribution is 2.33. The van der Waals surface area contributed by atoms with E-state index in [1.165, 1.54) is 18.6 Å². The smallest absolute Gasteiger partial charge is 0.285 e. The highest BCUT2D eigenvalue weighted by atomic mass is 35.5. The van der Waals surface area contributed by atoms with Crippen molar-refractivity contribution in [3.05, 3.63) is 87.8 Å². The third kappa shape index (κ3) is 5.08. The maximum Gasteiger partial charge on any atom is 0.285 e. The van der Waals surface area contributed by atoms with E-state index >= 15 is 0 Å². The standard InChI is InChI=1S/C27H24ClFN8O2/c1-15(2)21-11-19(27(39)37(35-21)22-8-5-17(28)12-31-22)26(38)34-18-6-3-16(4-7-18)20-13-36(10-9-29)25-23(20)24(30)32-14-33-25/h3-8,11-15H,9-10H2,1-2H3,(H,34,38)(H2,30,32,33). The van der Waals surface area contributed by atoms with Crippen LogP contribution in [0.3, 0.4) is 0 Å². The van der Waals surface area contributed by atoms with Crippen LogP contribution in [0.2, 0.25) is 5.02 Å². The Morgan fingerprint density at radius 2 is 1.90 bits per heavy atom. The van der Waals surface area contributed by atoms with Gasteiger partial charge < -0.3 is 15.6 Å². The Morgan fingerprint density at radius 3 is 2.56 bits per heavy atom. The number of aromatic nitrogens is 6. The van der Waals surface area contributed by atoms with Crippen LogP contribution in [0.4, 0.5) is 15.9 Å². The zero-order valence-corrected chi connectivity index (χ0v) is 21.9. The first-order chi connectivity index (χ1) is 18.8. The van der Waals surface area contributed by atoms with Crippen molar-refractivity contribution in [2.45, 2.75) is 26.3 Å². The molecule has 0 atom stereocenters. The summed E-state index contributed by atoms with van der Waals surface area (Å²) >= 11 is 5.93. The molecule has 0 bridgehead atoms. The molecule has 1 amide bonds. The minimum atomic E-state index is -0.612. The van der Waals surface area contributed by atoms with Gasteiger partial charge in [-0.25, -0.2) is 19.3 Å². The fourth-order valence-electron chi connectivity index (χ4n) is 4.17. The van der Waals surface area contributed by atoms with Crippen LogP contribution in [0.15, 0.2) is 66.0 Å². The SMILES string of the molecule is CC(C)c1cc(C(=O)Nc2ccc(-c3cn(CCF)c4ncnc(N)c34)cc2)c(=O)n(-c2ccc(Cl)cn2)n1. The number of fused-ring (bicyclic) bond motifs is 1. The molecule has 12 heteroatoms. The van der Waals surface area contributed by atoms with Crippen LogP contribution in [0, 0.1) is 0 Å². The number of nitrogens with two attached hydrogens (primary N) is 1. The highest BCUT2D eigenvalue weighted by molar-refractivity contribution is 6.30. The Morgan fingerprint density at radius 1 is 1.13 bits per heavy atom. The topological polar surface area (TPSA) is 134 Å². The van der Waals surface area contributed by atoms with Crippen molar-refractivity contribution in [3.63, 3.8) is 0 Å². The quantitative estimate of drug-likeness (QED) is 0.304. The summed E-state index contributed by atoms with van der Waals surface area (Å²) in [6, 6.07) is 11.6. The van der Waals surface area contributed by atoms with Crippen molar-refractivity contribution >= 4 is 40.0 Å². The molecule has 0 aliphatic heterocycles. The average molecular weight is 547 g/mol. The molecular formula is C27H24ClFN8O2. The number of rotatable bonds is 7. The molecule has 5 rings (SSSR count). The number of anilines is 2. The Labute approximate surface area is 227 Å². The van der Waals surface area contributed by atoms with Crippen LogP contribution in [-0.2, 0) is 6.54 Å². The minimum absolute atomic E-state index is 0.0501. The Hall–Kier alpha value is -4.64. The molecule has 0 saturated carbocycles. The number of hydrogen-bond acceptors (Lipinski definition) is 7. The lowest BCUT2D eigenvalue weighted by Gasteiger charge is -2.12. The number of nitrogens with one attached hydrogen (secondary N) is 1. The van der Waals surface area contributed by atoms with E-state index in [0.29, 0.717) is 27.4 Å². The number of amides is 1. The van der Waals surface area contributed by atoms with Crippen LogP contribution >= 0.6 is 11.6 Å². The lowest BCUT2D eigenvalue weighted by molar-refractivity contribution is 0.102. The molecule has 4 heterocycles. The van der Waals surface area contributed by atoms with E-state index in [9.17, 15) is 14.0 Å². The normalized spacial score (nSPS) is 11.3. The summed E-state index contributed by atoms with van der Waals surface area (Å²) in [5.41, 5.74) is 8.50. The fourth-order valence-corrected chi connectivity index (χ4v) is 4.28. The van der Waals surface area contributed by atoms with E-state index in [1.807, 2.05) is 13.8 Å². The van der Waals surface area contributed by atoms with E-state index in [4.69, 9.17) is 17.3 Å². The van der Waals surface area contributed by atoms with Crippen LogP contribution in [0.5, 0.6) is 0 Å². The first-order valence-corrected chi connectivity index (χ1v) is 12.5.